The van der Waals surface area contributed by atoms with Crippen LogP contribution in [0.1, 0.15) is 68.5 Å². The maximum Gasteiger partial charge on any atom is 0.139 e. The van der Waals surface area contributed by atoms with Gasteiger partial charge in [-0.25, -0.2) is 8.51 Å². The standard InChI is InChI=1S/C40H42NO2PS/c1-28-18-14-15-23-31(28)36(41(7)45(42)39(2,3)4)32-24-16-25-33-37(32)43-38-34(40(33,5)6)26-17-27-35(38)44(29-19-10-8-11-20-29)30-21-12-9-13-22-30/h8-27,36H,1-7H3/t36-,45+/m0/s1. The van der Waals surface area contributed by atoms with E-state index >= 15 is 0 Å². The van der Waals surface area contributed by atoms with Gasteiger partial charge in [-0.15, -0.1) is 0 Å². The molecule has 0 saturated carbocycles. The van der Waals surface area contributed by atoms with Gasteiger partial charge in [-0.05, 0) is 57.4 Å². The molecule has 6 rings (SSSR count). The van der Waals surface area contributed by atoms with Gasteiger partial charge in [-0.3, -0.25) is 0 Å². The molecule has 230 valence electrons. The minimum atomic E-state index is -1.27. The molecule has 45 heavy (non-hydrogen) atoms. The lowest BCUT2D eigenvalue weighted by Gasteiger charge is -2.40. The molecule has 0 bridgehead atoms. The molecule has 1 aliphatic heterocycles. The molecule has 5 aromatic carbocycles. The van der Waals surface area contributed by atoms with E-state index in [1.165, 1.54) is 21.5 Å². The van der Waals surface area contributed by atoms with Crippen LogP contribution < -0.4 is 20.7 Å². The number of para-hydroxylation sites is 2. The summed E-state index contributed by atoms with van der Waals surface area (Å²) in [5.74, 6) is 1.80. The van der Waals surface area contributed by atoms with Crippen LogP contribution in [0, 0.1) is 6.92 Å². The Hall–Kier alpha value is -3.56. The predicted octanol–water partition coefficient (Wildman–Crippen LogP) is 8.67. The zero-order valence-corrected chi connectivity index (χ0v) is 29.0. The van der Waals surface area contributed by atoms with Crippen molar-refractivity contribution in [1.29, 1.82) is 0 Å². The molecule has 0 N–H and O–H groups in total. The van der Waals surface area contributed by atoms with Gasteiger partial charge < -0.3 is 4.74 Å². The molecular weight excluding hydrogens is 589 g/mol. The fourth-order valence-corrected chi connectivity index (χ4v) is 10.2. The summed E-state index contributed by atoms with van der Waals surface area (Å²) in [4.78, 5) is 0. The molecule has 1 aliphatic rings. The van der Waals surface area contributed by atoms with Crippen LogP contribution in [0.5, 0.6) is 11.5 Å². The predicted molar refractivity (Wildman–Crippen MR) is 192 cm³/mol. The Kier molecular flexibility index (Phi) is 8.61. The molecule has 0 amide bonds. The van der Waals surface area contributed by atoms with Crippen LogP contribution in [0.15, 0.2) is 121 Å². The van der Waals surface area contributed by atoms with Gasteiger partial charge in [0.15, 0.2) is 0 Å². The average Bonchev–Trinajstić information content (AvgIpc) is 3.03. The average molecular weight is 632 g/mol. The first kappa shape index (κ1) is 31.4. The molecule has 0 radical (unpaired) electrons. The highest BCUT2D eigenvalue weighted by atomic mass is 32.2. The van der Waals surface area contributed by atoms with Crippen LogP contribution in [-0.2, 0) is 16.4 Å². The van der Waals surface area contributed by atoms with E-state index in [-0.39, 0.29) is 11.5 Å². The lowest BCUT2D eigenvalue weighted by atomic mass is 9.74. The van der Waals surface area contributed by atoms with E-state index in [0.717, 1.165) is 33.8 Å². The third-order valence-electron chi connectivity index (χ3n) is 8.79. The normalized spacial score (nSPS) is 15.2. The molecule has 0 aromatic heterocycles. The number of rotatable bonds is 7. The van der Waals surface area contributed by atoms with E-state index in [1.807, 2.05) is 32.1 Å². The Morgan fingerprint density at radius 1 is 0.689 bits per heavy atom. The lowest BCUT2D eigenvalue weighted by molar-refractivity contribution is 0.389. The highest BCUT2D eigenvalue weighted by Gasteiger charge is 2.41. The van der Waals surface area contributed by atoms with Crippen LogP contribution >= 0.6 is 7.92 Å². The topological polar surface area (TPSA) is 29.5 Å². The molecule has 0 fully saturated rings. The van der Waals surface area contributed by atoms with Crippen LogP contribution in [-0.4, -0.2) is 20.3 Å². The quantitative estimate of drug-likeness (QED) is 0.168. The van der Waals surface area contributed by atoms with Crippen LogP contribution in [0.25, 0.3) is 0 Å². The van der Waals surface area contributed by atoms with Gasteiger partial charge in [-0.2, -0.15) is 0 Å². The summed E-state index contributed by atoms with van der Waals surface area (Å²) in [5.41, 5.74) is 5.32. The van der Waals surface area contributed by atoms with Gasteiger partial charge in [0.25, 0.3) is 0 Å². The molecule has 1 heterocycles. The fourth-order valence-electron chi connectivity index (χ4n) is 6.49. The minimum absolute atomic E-state index is 0.268. The Morgan fingerprint density at radius 2 is 1.20 bits per heavy atom. The molecule has 0 saturated heterocycles. The number of aryl methyl sites for hydroxylation is 1. The largest absolute Gasteiger partial charge is 0.456 e. The maximum absolute atomic E-state index is 14.0. The molecular formula is C40H42NO2PS. The second-order valence-corrected chi connectivity index (χ2v) is 17.8. The van der Waals surface area contributed by atoms with Gasteiger partial charge in [0.2, 0.25) is 0 Å². The summed E-state index contributed by atoms with van der Waals surface area (Å²) in [7, 11) is -0.173. The summed E-state index contributed by atoms with van der Waals surface area (Å²) in [6.07, 6.45) is 0. The Balaban J connectivity index is 1.58. The number of hydrogen-bond acceptors (Lipinski definition) is 2. The number of hydrogen-bond donors (Lipinski definition) is 0. The van der Waals surface area contributed by atoms with Crippen molar-refractivity contribution in [2.45, 2.75) is 57.7 Å². The summed E-state index contributed by atoms with van der Waals surface area (Å²) in [6, 6.07) is 42.9. The molecule has 5 heteroatoms. The maximum atomic E-state index is 14.0. The van der Waals surface area contributed by atoms with E-state index in [0.29, 0.717) is 0 Å². The molecule has 0 aliphatic carbocycles. The van der Waals surface area contributed by atoms with E-state index in [1.54, 1.807) is 0 Å². The molecule has 2 atom stereocenters. The Labute approximate surface area is 272 Å². The first-order chi connectivity index (χ1) is 21.5. The first-order valence-electron chi connectivity index (χ1n) is 15.6. The third kappa shape index (κ3) is 5.81. The van der Waals surface area contributed by atoms with Crippen molar-refractivity contribution in [3.8, 4) is 11.5 Å². The summed E-state index contributed by atoms with van der Waals surface area (Å²) in [5, 5.41) is 3.77. The smallest absolute Gasteiger partial charge is 0.139 e. The highest BCUT2D eigenvalue weighted by molar-refractivity contribution is 7.84. The van der Waals surface area contributed by atoms with Gasteiger partial charge in [0, 0.05) is 34.5 Å². The zero-order chi connectivity index (χ0) is 31.9. The molecule has 0 unspecified atom stereocenters. The monoisotopic (exact) mass is 631 g/mol. The van der Waals surface area contributed by atoms with Crippen molar-refractivity contribution >= 4 is 34.8 Å². The summed E-state index contributed by atoms with van der Waals surface area (Å²) < 4.78 is 22.9. The highest BCUT2D eigenvalue weighted by Crippen LogP contribution is 2.53. The van der Waals surface area contributed by atoms with Crippen molar-refractivity contribution in [3.05, 3.63) is 149 Å². The van der Waals surface area contributed by atoms with Crippen LogP contribution in [0.3, 0.4) is 0 Å². The summed E-state index contributed by atoms with van der Waals surface area (Å²) in [6.45, 7) is 12.8. The van der Waals surface area contributed by atoms with Gasteiger partial charge in [0.05, 0.1) is 10.8 Å². The number of ether oxygens (including phenoxy) is 1. The van der Waals surface area contributed by atoms with E-state index in [9.17, 15) is 4.21 Å². The third-order valence-corrected chi connectivity index (χ3v) is 13.0. The van der Waals surface area contributed by atoms with Crippen molar-refractivity contribution < 1.29 is 8.95 Å². The van der Waals surface area contributed by atoms with Crippen LogP contribution in [0.4, 0.5) is 0 Å². The fraction of sp³-hybridized carbons (Fsp3) is 0.250. The van der Waals surface area contributed by atoms with Crippen molar-refractivity contribution in [3.63, 3.8) is 0 Å². The first-order valence-corrected chi connectivity index (χ1v) is 18.0. The van der Waals surface area contributed by atoms with Crippen molar-refractivity contribution in [2.24, 2.45) is 0 Å². The van der Waals surface area contributed by atoms with Gasteiger partial charge in [-0.1, -0.05) is 135 Å². The van der Waals surface area contributed by atoms with Crippen molar-refractivity contribution in [1.82, 2.24) is 4.31 Å². The minimum Gasteiger partial charge on any atom is -0.456 e. The van der Waals surface area contributed by atoms with Crippen LogP contribution in [0.2, 0.25) is 0 Å². The second-order valence-electron chi connectivity index (χ2n) is 13.3. The molecule has 5 aromatic rings. The number of benzene rings is 5. The second kappa shape index (κ2) is 12.3. The molecule has 0 spiro atoms. The Morgan fingerprint density at radius 3 is 1.78 bits per heavy atom. The summed E-state index contributed by atoms with van der Waals surface area (Å²) >= 11 is 0. The van der Waals surface area contributed by atoms with E-state index < -0.39 is 23.7 Å². The van der Waals surface area contributed by atoms with E-state index in [4.69, 9.17) is 4.74 Å². The Bertz CT molecular complexity index is 1810. The lowest BCUT2D eigenvalue weighted by Crippen LogP contribution is -2.38. The zero-order valence-electron chi connectivity index (χ0n) is 27.2. The van der Waals surface area contributed by atoms with E-state index in [2.05, 4.69) is 142 Å². The SMILES string of the molecule is Cc1ccccc1[C@@H](c1cccc2c1Oc1c(P(c3ccccc3)c3ccccc3)cccc1C2(C)C)N(C)[S@](=O)C(C)(C)C. The van der Waals surface area contributed by atoms with Gasteiger partial charge in [0.1, 0.15) is 22.5 Å². The molecule has 3 nitrogen and oxygen atoms in total. The number of fused-ring (bicyclic) bond motifs is 2. The number of nitrogens with zero attached hydrogens (tertiary/aromatic N) is 1. The van der Waals surface area contributed by atoms with Crippen molar-refractivity contribution in [2.75, 3.05) is 7.05 Å². The van der Waals surface area contributed by atoms with Gasteiger partial charge >= 0.3 is 0 Å².